The van der Waals surface area contributed by atoms with Crippen molar-refractivity contribution in [1.29, 1.82) is 0 Å². The molecule has 3 heterocycles. The lowest BCUT2D eigenvalue weighted by Crippen LogP contribution is -2.35. The molecule has 1 saturated heterocycles. The number of nitrogens with zero attached hydrogens (tertiary/aromatic N) is 5. The van der Waals surface area contributed by atoms with Crippen LogP contribution in [0.4, 0.5) is 5.82 Å². The van der Waals surface area contributed by atoms with Crippen LogP contribution >= 0.6 is 0 Å². The van der Waals surface area contributed by atoms with Crippen LogP contribution in [-0.2, 0) is 22.6 Å². The smallest absolute Gasteiger partial charge is 0.259 e. The van der Waals surface area contributed by atoms with Gasteiger partial charge in [0.25, 0.3) is 5.91 Å². The quantitative estimate of drug-likeness (QED) is 0.534. The van der Waals surface area contributed by atoms with Crippen LogP contribution < -0.4 is 5.32 Å². The number of benzene rings is 1. The molecule has 8 nitrogen and oxygen atoms in total. The zero-order valence-corrected chi connectivity index (χ0v) is 19.8. The van der Waals surface area contributed by atoms with Crippen LogP contribution in [0.1, 0.15) is 55.2 Å². The minimum atomic E-state index is -0.659. The molecule has 1 atom stereocenters. The van der Waals surface area contributed by atoms with Crippen molar-refractivity contribution in [3.05, 3.63) is 65.6 Å². The van der Waals surface area contributed by atoms with Gasteiger partial charge >= 0.3 is 0 Å². The lowest BCUT2D eigenvalue weighted by Gasteiger charge is -2.32. The summed E-state index contributed by atoms with van der Waals surface area (Å²) in [6.45, 7) is 8.13. The van der Waals surface area contributed by atoms with Gasteiger partial charge in [0.2, 0.25) is 0 Å². The van der Waals surface area contributed by atoms with Gasteiger partial charge in [-0.05, 0) is 31.7 Å². The van der Waals surface area contributed by atoms with Gasteiger partial charge in [0, 0.05) is 51.1 Å². The summed E-state index contributed by atoms with van der Waals surface area (Å²) in [6, 6.07) is 11.6. The molecule has 33 heavy (non-hydrogen) atoms. The Hall–Kier alpha value is -2.97. The molecular formula is C25H34N6O2. The number of hydrogen-bond donors (Lipinski definition) is 1. The molecule has 0 unspecified atom stereocenters. The fourth-order valence-corrected chi connectivity index (χ4v) is 4.54. The average Bonchev–Trinajstić information content (AvgIpc) is 3.42. The van der Waals surface area contributed by atoms with Gasteiger partial charge in [-0.25, -0.2) is 4.68 Å². The van der Waals surface area contributed by atoms with Gasteiger partial charge in [0.1, 0.15) is 5.82 Å². The molecule has 4 rings (SSSR count). The lowest BCUT2D eigenvalue weighted by molar-refractivity contribution is -0.126. The van der Waals surface area contributed by atoms with Gasteiger partial charge in [0.05, 0.1) is 17.9 Å². The minimum absolute atomic E-state index is 0.192. The Morgan fingerprint density at radius 3 is 2.67 bits per heavy atom. The van der Waals surface area contributed by atoms with Crippen molar-refractivity contribution in [1.82, 2.24) is 24.5 Å². The number of methoxy groups -OCH3 is 1. The van der Waals surface area contributed by atoms with Crippen LogP contribution in [0.2, 0.25) is 0 Å². The Labute approximate surface area is 195 Å². The fraction of sp³-hybridized carbons (Fsp3) is 0.480. The van der Waals surface area contributed by atoms with E-state index in [1.807, 2.05) is 41.1 Å². The molecule has 0 spiro atoms. The molecule has 3 aromatic rings. The first-order chi connectivity index (χ1) is 16.1. The van der Waals surface area contributed by atoms with Gasteiger partial charge in [-0.2, -0.15) is 10.2 Å². The third-order valence-corrected chi connectivity index (χ3v) is 6.30. The second kappa shape index (κ2) is 10.8. The number of ether oxygens (including phenoxy) is 1. The molecule has 0 aliphatic carbocycles. The number of likely N-dealkylation sites (tertiary alicyclic amines) is 1. The van der Waals surface area contributed by atoms with Gasteiger partial charge < -0.3 is 10.1 Å². The first-order valence-electron chi connectivity index (χ1n) is 11.8. The monoisotopic (exact) mass is 450 g/mol. The highest BCUT2D eigenvalue weighted by Gasteiger charge is 2.26. The fourth-order valence-electron chi connectivity index (χ4n) is 4.54. The molecular weight excluding hydrogens is 416 g/mol. The van der Waals surface area contributed by atoms with E-state index in [9.17, 15) is 4.79 Å². The van der Waals surface area contributed by atoms with E-state index in [0.717, 1.165) is 56.7 Å². The molecule has 0 bridgehead atoms. The van der Waals surface area contributed by atoms with E-state index in [-0.39, 0.29) is 11.9 Å². The van der Waals surface area contributed by atoms with Gasteiger partial charge in [0.15, 0.2) is 6.10 Å². The van der Waals surface area contributed by atoms with E-state index in [1.165, 1.54) is 5.56 Å². The number of anilines is 1. The Kier molecular flexibility index (Phi) is 7.57. The summed E-state index contributed by atoms with van der Waals surface area (Å²) in [6.07, 6.45) is 6.33. The number of piperidine rings is 1. The molecule has 1 amide bonds. The second-order valence-electron chi connectivity index (χ2n) is 8.69. The summed E-state index contributed by atoms with van der Waals surface area (Å²) in [5.41, 5.74) is 3.25. The summed E-state index contributed by atoms with van der Waals surface area (Å²) < 4.78 is 9.48. The number of aromatic nitrogens is 4. The van der Waals surface area contributed by atoms with Crippen LogP contribution in [0.3, 0.4) is 0 Å². The molecule has 176 valence electrons. The highest BCUT2D eigenvalue weighted by molar-refractivity contribution is 5.94. The SMILES string of the molecule is CCCn1cc(CN2CCC(n3nccc3NC(=O)[C@@H](OC)c3ccccc3)CC2)c(C)n1. The van der Waals surface area contributed by atoms with Crippen molar-refractivity contribution < 1.29 is 9.53 Å². The van der Waals surface area contributed by atoms with Crippen molar-refractivity contribution in [3.8, 4) is 0 Å². The molecule has 1 aliphatic rings. The Morgan fingerprint density at radius 2 is 1.97 bits per heavy atom. The third-order valence-electron chi connectivity index (χ3n) is 6.30. The summed E-state index contributed by atoms with van der Waals surface area (Å²) in [5.74, 6) is 0.524. The van der Waals surface area contributed by atoms with Crippen LogP contribution in [0, 0.1) is 6.92 Å². The molecule has 8 heteroatoms. The average molecular weight is 451 g/mol. The number of aryl methyl sites for hydroxylation is 2. The van der Waals surface area contributed by atoms with E-state index in [0.29, 0.717) is 5.82 Å². The van der Waals surface area contributed by atoms with Crippen LogP contribution in [-0.4, -0.2) is 50.6 Å². The predicted molar refractivity (Wildman–Crippen MR) is 128 cm³/mol. The van der Waals surface area contributed by atoms with Crippen molar-refractivity contribution in [2.45, 2.75) is 58.3 Å². The largest absolute Gasteiger partial charge is 0.367 e. The Balaban J connectivity index is 1.35. The number of carbonyl (C=O) groups is 1. The standard InChI is InChI=1S/C25H34N6O2/c1-4-14-30-18-21(19(2)28-30)17-29-15-11-22(12-16-29)31-23(10-13-26-31)27-25(32)24(33-3)20-8-6-5-7-9-20/h5-10,13,18,22,24H,4,11-12,14-17H2,1-3H3,(H,27,32)/t24-/m0/s1. The van der Waals surface area contributed by atoms with E-state index >= 15 is 0 Å². The molecule has 2 aromatic heterocycles. The highest BCUT2D eigenvalue weighted by atomic mass is 16.5. The molecule has 1 aromatic carbocycles. The van der Waals surface area contributed by atoms with Crippen molar-refractivity contribution in [3.63, 3.8) is 0 Å². The van der Waals surface area contributed by atoms with E-state index in [1.54, 1.807) is 13.3 Å². The normalized spacial score (nSPS) is 16.1. The number of carbonyl (C=O) groups excluding carboxylic acids is 1. The first kappa shape index (κ1) is 23.2. The summed E-state index contributed by atoms with van der Waals surface area (Å²) in [5, 5.41) is 12.2. The minimum Gasteiger partial charge on any atom is -0.367 e. The van der Waals surface area contributed by atoms with Gasteiger partial charge in [-0.1, -0.05) is 37.3 Å². The van der Waals surface area contributed by atoms with E-state index < -0.39 is 6.10 Å². The lowest BCUT2D eigenvalue weighted by atomic mass is 10.0. The summed E-state index contributed by atoms with van der Waals surface area (Å²) >= 11 is 0. The van der Waals surface area contributed by atoms with Crippen LogP contribution in [0.15, 0.2) is 48.8 Å². The van der Waals surface area contributed by atoms with Crippen molar-refractivity contribution in [2.75, 3.05) is 25.5 Å². The predicted octanol–water partition coefficient (Wildman–Crippen LogP) is 3.96. The zero-order valence-electron chi connectivity index (χ0n) is 19.8. The van der Waals surface area contributed by atoms with E-state index in [2.05, 4.69) is 45.1 Å². The number of rotatable bonds is 9. The molecule has 0 radical (unpaired) electrons. The van der Waals surface area contributed by atoms with Crippen LogP contribution in [0.5, 0.6) is 0 Å². The topological polar surface area (TPSA) is 77.2 Å². The number of nitrogens with one attached hydrogen (secondary N) is 1. The third kappa shape index (κ3) is 5.51. The zero-order chi connectivity index (χ0) is 23.2. The summed E-state index contributed by atoms with van der Waals surface area (Å²) in [4.78, 5) is 15.4. The molecule has 1 aliphatic heterocycles. The maximum absolute atomic E-state index is 12.9. The number of hydrogen-bond acceptors (Lipinski definition) is 5. The maximum Gasteiger partial charge on any atom is 0.259 e. The Morgan fingerprint density at radius 1 is 1.21 bits per heavy atom. The number of amides is 1. The summed E-state index contributed by atoms with van der Waals surface area (Å²) in [7, 11) is 1.55. The molecule has 0 saturated carbocycles. The Bertz CT molecular complexity index is 1040. The van der Waals surface area contributed by atoms with Gasteiger partial charge in [-0.15, -0.1) is 0 Å². The second-order valence-corrected chi connectivity index (χ2v) is 8.69. The highest BCUT2D eigenvalue weighted by Crippen LogP contribution is 2.27. The van der Waals surface area contributed by atoms with E-state index in [4.69, 9.17) is 4.74 Å². The van der Waals surface area contributed by atoms with Gasteiger partial charge in [-0.3, -0.25) is 14.4 Å². The first-order valence-corrected chi connectivity index (χ1v) is 11.8. The molecule has 1 fully saturated rings. The molecule has 1 N–H and O–H groups in total. The van der Waals surface area contributed by atoms with Crippen molar-refractivity contribution >= 4 is 11.7 Å². The van der Waals surface area contributed by atoms with Crippen LogP contribution in [0.25, 0.3) is 0 Å². The maximum atomic E-state index is 12.9. The van der Waals surface area contributed by atoms with Crippen molar-refractivity contribution in [2.24, 2.45) is 0 Å².